The Bertz CT molecular complexity index is 441. The second-order valence-electron chi connectivity index (χ2n) is 5.43. The molecular weight excluding hydrogens is 267 g/mol. The van der Waals surface area contributed by atoms with Crippen molar-refractivity contribution < 1.29 is 0 Å². The fourth-order valence-corrected chi connectivity index (χ4v) is 3.81. The maximum absolute atomic E-state index is 6.31. The molecule has 1 heterocycles. The molecule has 1 aromatic rings. The summed E-state index contributed by atoms with van der Waals surface area (Å²) in [5, 5.41) is 5.18. The first-order valence-corrected chi connectivity index (χ1v) is 7.39. The van der Waals surface area contributed by atoms with Gasteiger partial charge in [-0.25, -0.2) is 0 Å². The maximum atomic E-state index is 6.31. The lowest BCUT2D eigenvalue weighted by Crippen LogP contribution is -2.59. The average Bonchev–Trinajstić information content (AvgIpc) is 2.77. The van der Waals surface area contributed by atoms with Gasteiger partial charge < -0.3 is 10.2 Å². The summed E-state index contributed by atoms with van der Waals surface area (Å²) in [4.78, 5) is 2.40. The zero-order valence-corrected chi connectivity index (χ0v) is 11.9. The van der Waals surface area contributed by atoms with Crippen LogP contribution in [0.3, 0.4) is 0 Å². The van der Waals surface area contributed by atoms with Crippen LogP contribution in [0.4, 0.5) is 5.69 Å². The average molecular weight is 285 g/mol. The van der Waals surface area contributed by atoms with E-state index in [0.29, 0.717) is 10.6 Å². The van der Waals surface area contributed by atoms with Gasteiger partial charge in [-0.1, -0.05) is 36.0 Å². The highest BCUT2D eigenvalue weighted by molar-refractivity contribution is 6.36. The number of benzene rings is 1. The lowest BCUT2D eigenvalue weighted by molar-refractivity contribution is 0.304. The highest BCUT2D eigenvalue weighted by atomic mass is 35.5. The molecule has 2 fully saturated rings. The van der Waals surface area contributed by atoms with Crippen molar-refractivity contribution in [1.29, 1.82) is 0 Å². The van der Waals surface area contributed by atoms with Crippen LogP contribution in [-0.4, -0.2) is 25.2 Å². The third kappa shape index (κ3) is 2.34. The van der Waals surface area contributed by atoms with Crippen molar-refractivity contribution in [2.45, 2.75) is 31.2 Å². The van der Waals surface area contributed by atoms with Crippen LogP contribution in [0.1, 0.15) is 25.7 Å². The van der Waals surface area contributed by atoms with E-state index in [0.717, 1.165) is 30.3 Å². The van der Waals surface area contributed by atoms with Crippen LogP contribution in [0.15, 0.2) is 18.2 Å². The molecule has 1 N–H and O–H groups in total. The quantitative estimate of drug-likeness (QED) is 0.846. The molecule has 18 heavy (non-hydrogen) atoms. The summed E-state index contributed by atoms with van der Waals surface area (Å²) in [5.41, 5.74) is 1.44. The van der Waals surface area contributed by atoms with E-state index in [1.807, 2.05) is 18.2 Å². The van der Waals surface area contributed by atoms with E-state index in [4.69, 9.17) is 23.2 Å². The zero-order valence-electron chi connectivity index (χ0n) is 10.4. The van der Waals surface area contributed by atoms with E-state index in [1.54, 1.807) is 0 Å². The summed E-state index contributed by atoms with van der Waals surface area (Å²) in [7, 11) is 0. The molecule has 1 aliphatic carbocycles. The Balaban J connectivity index is 1.83. The van der Waals surface area contributed by atoms with E-state index < -0.39 is 0 Å². The van der Waals surface area contributed by atoms with Gasteiger partial charge >= 0.3 is 0 Å². The molecule has 0 atom stereocenters. The SMILES string of the molecule is Clc1ccc(N2CCNC3(CCCC3)C2)c(Cl)c1. The predicted molar refractivity (Wildman–Crippen MR) is 77.9 cm³/mol. The summed E-state index contributed by atoms with van der Waals surface area (Å²) in [6, 6.07) is 5.80. The molecule has 2 nitrogen and oxygen atoms in total. The van der Waals surface area contributed by atoms with Crippen molar-refractivity contribution in [2.24, 2.45) is 0 Å². The molecule has 4 heteroatoms. The molecule has 1 saturated heterocycles. The molecule has 1 spiro atoms. The Morgan fingerprint density at radius 3 is 2.67 bits per heavy atom. The van der Waals surface area contributed by atoms with Crippen LogP contribution in [0.25, 0.3) is 0 Å². The number of hydrogen-bond acceptors (Lipinski definition) is 2. The van der Waals surface area contributed by atoms with E-state index in [-0.39, 0.29) is 0 Å². The van der Waals surface area contributed by atoms with Crippen molar-refractivity contribution in [3.8, 4) is 0 Å². The summed E-state index contributed by atoms with van der Waals surface area (Å²) >= 11 is 12.3. The van der Waals surface area contributed by atoms with Gasteiger partial charge in [-0.05, 0) is 31.0 Å². The van der Waals surface area contributed by atoms with Crippen LogP contribution in [0.2, 0.25) is 10.0 Å². The largest absolute Gasteiger partial charge is 0.367 e. The van der Waals surface area contributed by atoms with Gasteiger partial charge in [-0.15, -0.1) is 0 Å². The van der Waals surface area contributed by atoms with Gasteiger partial charge in [-0.3, -0.25) is 0 Å². The number of hydrogen-bond donors (Lipinski definition) is 1. The molecule has 0 bridgehead atoms. The zero-order chi connectivity index (χ0) is 12.6. The van der Waals surface area contributed by atoms with E-state index in [1.165, 1.54) is 25.7 Å². The molecule has 0 amide bonds. The standard InChI is InChI=1S/C14H18Cl2N2/c15-11-3-4-13(12(16)9-11)18-8-7-17-14(10-18)5-1-2-6-14/h3-4,9,17H,1-2,5-8,10H2. The van der Waals surface area contributed by atoms with Gasteiger partial charge in [0.2, 0.25) is 0 Å². The molecule has 1 saturated carbocycles. The highest BCUT2D eigenvalue weighted by Crippen LogP contribution is 2.36. The topological polar surface area (TPSA) is 15.3 Å². The number of nitrogens with zero attached hydrogens (tertiary/aromatic N) is 1. The monoisotopic (exact) mass is 284 g/mol. The molecule has 98 valence electrons. The summed E-state index contributed by atoms with van der Waals surface area (Å²) < 4.78 is 0. The van der Waals surface area contributed by atoms with Gasteiger partial charge in [0, 0.05) is 30.2 Å². The van der Waals surface area contributed by atoms with Crippen LogP contribution < -0.4 is 10.2 Å². The molecule has 0 aromatic heterocycles. The Kier molecular flexibility index (Phi) is 3.44. The van der Waals surface area contributed by atoms with Crippen LogP contribution in [-0.2, 0) is 0 Å². The first-order valence-electron chi connectivity index (χ1n) is 6.64. The Morgan fingerprint density at radius 2 is 1.94 bits per heavy atom. The summed E-state index contributed by atoms with van der Waals surface area (Å²) in [6.45, 7) is 3.12. The first kappa shape index (κ1) is 12.6. The maximum Gasteiger partial charge on any atom is 0.0654 e. The van der Waals surface area contributed by atoms with E-state index >= 15 is 0 Å². The second kappa shape index (κ2) is 4.92. The van der Waals surface area contributed by atoms with Crippen molar-refractivity contribution in [3.63, 3.8) is 0 Å². The minimum atomic E-state index is 0.321. The predicted octanol–water partition coefficient (Wildman–Crippen LogP) is 3.72. The van der Waals surface area contributed by atoms with Gasteiger partial charge in [0.05, 0.1) is 10.7 Å². The minimum absolute atomic E-state index is 0.321. The number of piperazine rings is 1. The van der Waals surface area contributed by atoms with E-state index in [2.05, 4.69) is 10.2 Å². The highest BCUT2D eigenvalue weighted by Gasteiger charge is 2.37. The van der Waals surface area contributed by atoms with Crippen LogP contribution in [0.5, 0.6) is 0 Å². The number of halogens is 2. The van der Waals surface area contributed by atoms with Gasteiger partial charge in [0.25, 0.3) is 0 Å². The number of nitrogens with one attached hydrogen (secondary N) is 1. The minimum Gasteiger partial charge on any atom is -0.367 e. The molecular formula is C14H18Cl2N2. The first-order chi connectivity index (χ1) is 8.69. The summed E-state index contributed by atoms with van der Waals surface area (Å²) in [6.07, 6.45) is 5.26. The van der Waals surface area contributed by atoms with Gasteiger partial charge in [-0.2, -0.15) is 0 Å². The van der Waals surface area contributed by atoms with Crippen molar-refractivity contribution >= 4 is 28.9 Å². The Labute approximate surface area is 118 Å². The van der Waals surface area contributed by atoms with Gasteiger partial charge in [0.1, 0.15) is 0 Å². The van der Waals surface area contributed by atoms with Crippen LogP contribution in [0, 0.1) is 0 Å². The van der Waals surface area contributed by atoms with Gasteiger partial charge in [0.15, 0.2) is 0 Å². The van der Waals surface area contributed by atoms with Crippen LogP contribution >= 0.6 is 23.2 Å². The Hall–Kier alpha value is -0.440. The molecule has 1 aromatic carbocycles. The molecule has 1 aliphatic heterocycles. The third-order valence-electron chi connectivity index (χ3n) is 4.19. The van der Waals surface area contributed by atoms with E-state index in [9.17, 15) is 0 Å². The molecule has 3 rings (SSSR count). The Morgan fingerprint density at radius 1 is 1.17 bits per heavy atom. The van der Waals surface area contributed by atoms with Crippen molar-refractivity contribution in [3.05, 3.63) is 28.2 Å². The van der Waals surface area contributed by atoms with Crippen molar-refractivity contribution in [2.75, 3.05) is 24.5 Å². The second-order valence-corrected chi connectivity index (χ2v) is 6.28. The smallest absolute Gasteiger partial charge is 0.0654 e. The third-order valence-corrected chi connectivity index (χ3v) is 4.72. The lowest BCUT2D eigenvalue weighted by atomic mass is 9.94. The number of rotatable bonds is 1. The van der Waals surface area contributed by atoms with Crippen molar-refractivity contribution in [1.82, 2.24) is 5.32 Å². The fraction of sp³-hybridized carbons (Fsp3) is 0.571. The molecule has 0 unspecified atom stereocenters. The normalized spacial score (nSPS) is 22.7. The lowest BCUT2D eigenvalue weighted by Gasteiger charge is -2.43. The molecule has 0 radical (unpaired) electrons. The number of anilines is 1. The molecule has 2 aliphatic rings. The summed E-state index contributed by atoms with van der Waals surface area (Å²) in [5.74, 6) is 0. The fourth-order valence-electron chi connectivity index (χ4n) is 3.29.